The molecule has 0 saturated carbocycles. The van der Waals surface area contributed by atoms with Gasteiger partial charge in [0, 0.05) is 38.2 Å². The van der Waals surface area contributed by atoms with Gasteiger partial charge >= 0.3 is 0 Å². The molecule has 4 rings (SSSR count). The second-order valence-electron chi connectivity index (χ2n) is 6.47. The van der Waals surface area contributed by atoms with Crippen molar-refractivity contribution in [3.8, 4) is 5.69 Å². The van der Waals surface area contributed by atoms with Crippen molar-refractivity contribution in [2.24, 2.45) is 5.92 Å². The minimum Gasteiger partial charge on any atom is -0.381 e. The zero-order valence-electron chi connectivity index (χ0n) is 14.3. The third-order valence-electron chi connectivity index (χ3n) is 4.96. The van der Waals surface area contributed by atoms with E-state index in [1.807, 2.05) is 30.3 Å². The predicted octanol–water partition coefficient (Wildman–Crippen LogP) is 0.812. The largest absolute Gasteiger partial charge is 0.381 e. The van der Waals surface area contributed by atoms with Crippen molar-refractivity contribution in [3.63, 3.8) is 0 Å². The van der Waals surface area contributed by atoms with E-state index in [2.05, 4.69) is 25.7 Å². The first-order valence-electron chi connectivity index (χ1n) is 8.89. The van der Waals surface area contributed by atoms with Crippen molar-refractivity contribution in [3.05, 3.63) is 30.3 Å². The molecule has 2 fully saturated rings. The Labute approximate surface area is 147 Å². The van der Waals surface area contributed by atoms with Gasteiger partial charge in [-0.3, -0.25) is 4.90 Å². The van der Waals surface area contributed by atoms with Crippen LogP contribution in [0.3, 0.4) is 0 Å². The summed E-state index contributed by atoms with van der Waals surface area (Å²) in [7, 11) is 0. The second-order valence-corrected chi connectivity index (χ2v) is 6.47. The third-order valence-corrected chi connectivity index (χ3v) is 4.96. The average Bonchev–Trinajstić information content (AvgIpc) is 3.36. The van der Waals surface area contributed by atoms with E-state index in [9.17, 15) is 0 Å². The minimum atomic E-state index is 0.396. The number of tetrazole rings is 1. The smallest absolute Gasteiger partial charge is 0.247 e. The minimum absolute atomic E-state index is 0.396. The van der Waals surface area contributed by atoms with Crippen LogP contribution in [0.15, 0.2) is 30.3 Å². The molecule has 2 atom stereocenters. The SMILES string of the molecule is c1ccc(-n2nnnc2NCC(C2CCOC2)N2CCOCC2)cc1. The van der Waals surface area contributed by atoms with Gasteiger partial charge in [0.25, 0.3) is 0 Å². The monoisotopic (exact) mass is 344 g/mol. The Bertz CT molecular complexity index is 652. The molecule has 0 aliphatic carbocycles. The van der Waals surface area contributed by atoms with Crippen LogP contribution in [0.25, 0.3) is 5.69 Å². The molecule has 2 saturated heterocycles. The van der Waals surface area contributed by atoms with Crippen LogP contribution in [-0.4, -0.2) is 77.2 Å². The maximum Gasteiger partial charge on any atom is 0.247 e. The van der Waals surface area contributed by atoms with Crippen LogP contribution in [0.4, 0.5) is 5.95 Å². The number of aromatic nitrogens is 4. The van der Waals surface area contributed by atoms with E-state index in [0.717, 1.165) is 58.2 Å². The summed E-state index contributed by atoms with van der Waals surface area (Å²) in [5, 5.41) is 15.5. The lowest BCUT2D eigenvalue weighted by Crippen LogP contribution is -2.50. The fourth-order valence-corrected chi connectivity index (χ4v) is 3.60. The van der Waals surface area contributed by atoms with E-state index >= 15 is 0 Å². The van der Waals surface area contributed by atoms with Gasteiger partial charge in [-0.2, -0.15) is 4.68 Å². The van der Waals surface area contributed by atoms with Crippen LogP contribution in [0.5, 0.6) is 0 Å². The van der Waals surface area contributed by atoms with Crippen LogP contribution in [0.2, 0.25) is 0 Å². The molecular weight excluding hydrogens is 320 g/mol. The second kappa shape index (κ2) is 7.90. The molecule has 1 aromatic heterocycles. The Morgan fingerprint density at radius 2 is 1.96 bits per heavy atom. The molecule has 8 nitrogen and oxygen atoms in total. The Morgan fingerprint density at radius 3 is 2.72 bits per heavy atom. The zero-order chi connectivity index (χ0) is 16.9. The molecule has 2 aromatic rings. The highest BCUT2D eigenvalue weighted by atomic mass is 16.5. The Hall–Kier alpha value is -2.03. The number of hydrogen-bond donors (Lipinski definition) is 1. The average molecular weight is 344 g/mol. The number of ether oxygens (including phenoxy) is 2. The molecule has 134 valence electrons. The zero-order valence-corrected chi connectivity index (χ0v) is 14.3. The topological polar surface area (TPSA) is 77.3 Å². The predicted molar refractivity (Wildman–Crippen MR) is 92.7 cm³/mol. The molecule has 0 radical (unpaired) electrons. The van der Waals surface area contributed by atoms with Crippen LogP contribution >= 0.6 is 0 Å². The van der Waals surface area contributed by atoms with Crippen LogP contribution in [0.1, 0.15) is 6.42 Å². The summed E-state index contributed by atoms with van der Waals surface area (Å²) in [6.07, 6.45) is 1.10. The number of hydrogen-bond acceptors (Lipinski definition) is 7. The summed E-state index contributed by atoms with van der Waals surface area (Å²) in [4.78, 5) is 2.51. The lowest BCUT2D eigenvalue weighted by atomic mass is 9.97. The normalized spacial score (nSPS) is 22.8. The highest BCUT2D eigenvalue weighted by Crippen LogP contribution is 2.23. The fourth-order valence-electron chi connectivity index (χ4n) is 3.60. The number of morpholine rings is 1. The van der Waals surface area contributed by atoms with E-state index in [4.69, 9.17) is 9.47 Å². The Morgan fingerprint density at radius 1 is 1.12 bits per heavy atom. The maximum atomic E-state index is 5.63. The van der Waals surface area contributed by atoms with Gasteiger partial charge in [0.05, 0.1) is 25.5 Å². The standard InChI is InChI=1S/C17H24N6O2/c1-2-4-15(5-3-1)23-17(19-20-21-23)18-12-16(14-6-9-25-13-14)22-7-10-24-11-8-22/h1-5,14,16H,6-13H2,(H,18,19,21). The molecule has 2 aliphatic heterocycles. The van der Waals surface area contributed by atoms with Crippen LogP contribution < -0.4 is 5.32 Å². The van der Waals surface area contributed by atoms with Crippen molar-refractivity contribution >= 4 is 5.95 Å². The summed E-state index contributed by atoms with van der Waals surface area (Å²) in [6, 6.07) is 10.3. The molecule has 25 heavy (non-hydrogen) atoms. The van der Waals surface area contributed by atoms with Gasteiger partial charge in [-0.25, -0.2) is 0 Å². The molecule has 0 amide bonds. The molecule has 0 bridgehead atoms. The van der Waals surface area contributed by atoms with Crippen molar-refractivity contribution in [1.29, 1.82) is 0 Å². The van der Waals surface area contributed by atoms with Crippen molar-refractivity contribution < 1.29 is 9.47 Å². The van der Waals surface area contributed by atoms with E-state index in [1.54, 1.807) is 4.68 Å². The molecule has 2 aliphatic rings. The number of benzene rings is 1. The van der Waals surface area contributed by atoms with Crippen molar-refractivity contribution in [1.82, 2.24) is 25.1 Å². The van der Waals surface area contributed by atoms with Crippen molar-refractivity contribution in [2.75, 3.05) is 51.4 Å². The highest BCUT2D eigenvalue weighted by Gasteiger charge is 2.31. The number of nitrogens with zero attached hydrogens (tertiary/aromatic N) is 5. The molecule has 2 unspecified atom stereocenters. The van der Waals surface area contributed by atoms with Gasteiger partial charge < -0.3 is 14.8 Å². The Kier molecular flexibility index (Phi) is 5.19. The molecule has 8 heteroatoms. The quantitative estimate of drug-likeness (QED) is 0.831. The summed E-state index contributed by atoms with van der Waals surface area (Å²) in [5.74, 6) is 1.20. The molecular formula is C17H24N6O2. The van der Waals surface area contributed by atoms with Gasteiger partial charge in [-0.1, -0.05) is 23.3 Å². The van der Waals surface area contributed by atoms with Gasteiger partial charge in [0.15, 0.2) is 0 Å². The Balaban J connectivity index is 1.47. The summed E-state index contributed by atoms with van der Waals surface area (Å²) >= 11 is 0. The van der Waals surface area contributed by atoms with Crippen LogP contribution in [0, 0.1) is 5.92 Å². The molecule has 0 spiro atoms. The van der Waals surface area contributed by atoms with E-state index in [-0.39, 0.29) is 0 Å². The number of rotatable bonds is 6. The molecule has 3 heterocycles. The summed E-state index contributed by atoms with van der Waals surface area (Å²) in [6.45, 7) is 6.00. The van der Waals surface area contributed by atoms with Gasteiger partial charge in [-0.15, -0.1) is 0 Å². The van der Waals surface area contributed by atoms with Crippen LogP contribution in [-0.2, 0) is 9.47 Å². The first-order valence-corrected chi connectivity index (χ1v) is 8.89. The first-order chi connectivity index (χ1) is 12.4. The van der Waals surface area contributed by atoms with E-state index in [0.29, 0.717) is 17.9 Å². The third kappa shape index (κ3) is 3.81. The lowest BCUT2D eigenvalue weighted by molar-refractivity contribution is 0.00457. The maximum absolute atomic E-state index is 5.63. The number of para-hydroxylation sites is 1. The number of nitrogens with one attached hydrogen (secondary N) is 1. The van der Waals surface area contributed by atoms with E-state index < -0.39 is 0 Å². The van der Waals surface area contributed by atoms with Gasteiger partial charge in [0.1, 0.15) is 0 Å². The lowest BCUT2D eigenvalue weighted by Gasteiger charge is -2.37. The van der Waals surface area contributed by atoms with Gasteiger partial charge in [-0.05, 0) is 29.0 Å². The van der Waals surface area contributed by atoms with Crippen molar-refractivity contribution in [2.45, 2.75) is 12.5 Å². The highest BCUT2D eigenvalue weighted by molar-refractivity contribution is 5.38. The first kappa shape index (κ1) is 16.4. The van der Waals surface area contributed by atoms with Gasteiger partial charge in [0.2, 0.25) is 5.95 Å². The summed E-state index contributed by atoms with van der Waals surface area (Å²) in [5.41, 5.74) is 0.946. The number of anilines is 1. The van der Waals surface area contributed by atoms with E-state index in [1.165, 1.54) is 0 Å². The molecule has 1 aromatic carbocycles. The molecule has 1 N–H and O–H groups in total. The summed E-state index contributed by atoms with van der Waals surface area (Å²) < 4.78 is 12.9. The fraction of sp³-hybridized carbons (Fsp3) is 0.588.